The van der Waals surface area contributed by atoms with Gasteiger partial charge in [-0.3, -0.25) is 9.59 Å². The van der Waals surface area contributed by atoms with Gasteiger partial charge in [0.15, 0.2) is 0 Å². The molecule has 0 aliphatic carbocycles. The maximum atomic E-state index is 9.58. The maximum Gasteiger partial charge on any atom is 0.330 e. The maximum absolute atomic E-state index is 9.58. The summed E-state index contributed by atoms with van der Waals surface area (Å²) in [5, 5.41) is 7.01. The Kier molecular flexibility index (Phi) is 13.4. The van der Waals surface area contributed by atoms with E-state index in [4.69, 9.17) is 10.1 Å². The molecule has 0 heterocycles. The molecule has 0 rings (SSSR count). The molecule has 3 N–H and O–H groups in total. The average molecular weight is 247 g/mol. The summed E-state index contributed by atoms with van der Waals surface area (Å²) in [6, 6.07) is 0. The Labute approximate surface area is 65.2 Å². The van der Waals surface area contributed by atoms with Gasteiger partial charge >= 0.3 is 6.47 Å². The summed E-state index contributed by atoms with van der Waals surface area (Å²) < 4.78 is 0.414. The predicted molar refractivity (Wildman–Crippen MR) is 37.9 cm³/mol. The number of carbonyl (C=O) groups excluding carboxylic acids is 2. The lowest BCUT2D eigenvalue weighted by Gasteiger charge is -1.71. The van der Waals surface area contributed by atoms with Crippen LogP contribution in [0.15, 0.2) is 0 Å². The number of hydrogen-bond donors (Lipinski definition) is 2. The quantitative estimate of drug-likeness (QED) is 0.227. The summed E-state index contributed by atoms with van der Waals surface area (Å²) in [5.74, 6) is -0.259. The molecule has 9 heavy (non-hydrogen) atoms. The Balaban J connectivity index is 0. The molecule has 0 spiro atoms. The zero-order valence-corrected chi connectivity index (χ0v) is 6.57. The van der Waals surface area contributed by atoms with E-state index in [0.717, 1.165) is 0 Å². The molecule has 0 saturated carbocycles. The van der Waals surface area contributed by atoms with Gasteiger partial charge in [-0.25, -0.2) is 5.26 Å². The summed E-state index contributed by atoms with van der Waals surface area (Å²) in [7, 11) is 0. The van der Waals surface area contributed by atoms with Crippen LogP contribution >= 0.6 is 22.6 Å². The minimum absolute atomic E-state index is 0.0694. The standard InChI is InChI=1S/C2H4INO.CH2O3/c3-1-2(4)5;2-1-4-3/h1H2,(H2,4,5);1,3H. The first-order valence-electron chi connectivity index (χ1n) is 1.77. The molecule has 0 aliphatic heterocycles. The normalized spacial score (nSPS) is 6.44. The molecular formula is C3H6INO4. The van der Waals surface area contributed by atoms with Crippen molar-refractivity contribution in [1.29, 1.82) is 0 Å². The van der Waals surface area contributed by atoms with Crippen LogP contribution in [-0.4, -0.2) is 22.1 Å². The Morgan fingerprint density at radius 1 is 1.89 bits per heavy atom. The van der Waals surface area contributed by atoms with Gasteiger partial charge in [0.1, 0.15) is 0 Å². The van der Waals surface area contributed by atoms with E-state index in [-0.39, 0.29) is 12.4 Å². The van der Waals surface area contributed by atoms with Crippen LogP contribution in [0.25, 0.3) is 0 Å². The van der Waals surface area contributed by atoms with Crippen molar-refractivity contribution in [2.24, 2.45) is 5.73 Å². The van der Waals surface area contributed by atoms with Crippen molar-refractivity contribution < 1.29 is 19.7 Å². The molecule has 0 aromatic rings. The van der Waals surface area contributed by atoms with E-state index in [1.807, 2.05) is 22.6 Å². The molecule has 0 aromatic heterocycles. The van der Waals surface area contributed by atoms with Crippen LogP contribution < -0.4 is 5.73 Å². The van der Waals surface area contributed by atoms with Gasteiger partial charge in [-0.15, -0.1) is 0 Å². The molecule has 0 radical (unpaired) electrons. The van der Waals surface area contributed by atoms with Crippen molar-refractivity contribution in [2.45, 2.75) is 0 Å². The van der Waals surface area contributed by atoms with E-state index in [9.17, 15) is 4.79 Å². The van der Waals surface area contributed by atoms with Gasteiger partial charge in [-0.2, -0.15) is 0 Å². The Bertz CT molecular complexity index is 85.9. The van der Waals surface area contributed by atoms with E-state index >= 15 is 0 Å². The van der Waals surface area contributed by atoms with Crippen molar-refractivity contribution >= 4 is 35.0 Å². The number of rotatable bonds is 2. The van der Waals surface area contributed by atoms with Gasteiger partial charge in [0.05, 0.1) is 4.43 Å². The summed E-state index contributed by atoms with van der Waals surface area (Å²) in [5.41, 5.74) is 4.65. The highest BCUT2D eigenvalue weighted by molar-refractivity contribution is 14.1. The topological polar surface area (TPSA) is 89.6 Å². The molecule has 0 aromatic carbocycles. The van der Waals surface area contributed by atoms with E-state index in [2.05, 4.69) is 10.6 Å². The van der Waals surface area contributed by atoms with Crippen LogP contribution in [0.3, 0.4) is 0 Å². The van der Waals surface area contributed by atoms with Crippen LogP contribution in [0.1, 0.15) is 0 Å². The lowest BCUT2D eigenvalue weighted by atomic mass is 10.8. The van der Waals surface area contributed by atoms with Crippen molar-refractivity contribution in [3.05, 3.63) is 0 Å². The Morgan fingerprint density at radius 2 is 2.11 bits per heavy atom. The molecule has 0 fully saturated rings. The molecule has 0 aliphatic rings. The van der Waals surface area contributed by atoms with E-state index < -0.39 is 0 Å². The van der Waals surface area contributed by atoms with Crippen molar-refractivity contribution in [2.75, 3.05) is 4.43 Å². The number of nitrogens with two attached hydrogens (primary N) is 1. The fourth-order valence-electron chi connectivity index (χ4n) is 0. The highest BCUT2D eigenvalue weighted by Gasteiger charge is 1.79. The summed E-state index contributed by atoms with van der Waals surface area (Å²) >= 11 is 1.90. The zero-order valence-electron chi connectivity index (χ0n) is 4.41. The second-order valence-electron chi connectivity index (χ2n) is 0.802. The average Bonchev–Trinajstić information content (AvgIpc) is 1.89. The lowest BCUT2D eigenvalue weighted by Crippen LogP contribution is -2.10. The van der Waals surface area contributed by atoms with Gasteiger partial charge in [-0.1, -0.05) is 22.6 Å². The van der Waals surface area contributed by atoms with Gasteiger partial charge in [-0.05, 0) is 0 Å². The number of alkyl halides is 1. The van der Waals surface area contributed by atoms with E-state index in [1.165, 1.54) is 0 Å². The first-order chi connectivity index (χ1) is 4.18. The van der Waals surface area contributed by atoms with Crippen LogP contribution in [-0.2, 0) is 14.5 Å². The second-order valence-corrected chi connectivity index (χ2v) is 1.56. The van der Waals surface area contributed by atoms with Gasteiger partial charge < -0.3 is 10.6 Å². The first kappa shape index (κ1) is 11.4. The molecule has 54 valence electrons. The van der Waals surface area contributed by atoms with Crippen LogP contribution in [0.2, 0.25) is 0 Å². The fraction of sp³-hybridized carbons (Fsp3) is 0.333. The van der Waals surface area contributed by atoms with Gasteiger partial charge in [0.25, 0.3) is 0 Å². The largest absolute Gasteiger partial charge is 0.369 e. The monoisotopic (exact) mass is 247 g/mol. The van der Waals surface area contributed by atoms with E-state index in [1.54, 1.807) is 0 Å². The molecule has 5 nitrogen and oxygen atoms in total. The minimum Gasteiger partial charge on any atom is -0.369 e. The number of hydrogen-bond acceptors (Lipinski definition) is 4. The third-order valence-corrected chi connectivity index (χ3v) is 0.927. The lowest BCUT2D eigenvalue weighted by molar-refractivity contribution is -0.217. The molecule has 0 saturated heterocycles. The van der Waals surface area contributed by atoms with E-state index in [0.29, 0.717) is 4.43 Å². The zero-order chi connectivity index (χ0) is 7.70. The summed E-state index contributed by atoms with van der Waals surface area (Å²) in [6.07, 6.45) is 0. The molecule has 0 bridgehead atoms. The predicted octanol–water partition coefficient (Wildman–Crippen LogP) is -0.461. The summed E-state index contributed by atoms with van der Waals surface area (Å²) in [6.45, 7) is -0.0694. The van der Waals surface area contributed by atoms with Crippen molar-refractivity contribution in [3.63, 3.8) is 0 Å². The number of amides is 1. The Hall–Kier alpha value is -0.370. The minimum atomic E-state index is -0.259. The SMILES string of the molecule is NC(=O)CI.O=COO. The Morgan fingerprint density at radius 3 is 2.11 bits per heavy atom. The molecule has 1 amide bonds. The molecule has 0 atom stereocenters. The van der Waals surface area contributed by atoms with Gasteiger partial charge in [0.2, 0.25) is 5.91 Å². The highest BCUT2D eigenvalue weighted by Crippen LogP contribution is 1.72. The molecule has 6 heteroatoms. The second kappa shape index (κ2) is 10.6. The number of primary amides is 1. The third-order valence-electron chi connectivity index (χ3n) is 0.175. The van der Waals surface area contributed by atoms with Gasteiger partial charge in [0, 0.05) is 0 Å². The highest BCUT2D eigenvalue weighted by atomic mass is 127. The van der Waals surface area contributed by atoms with Crippen LogP contribution in [0, 0.1) is 0 Å². The van der Waals surface area contributed by atoms with Crippen molar-refractivity contribution in [1.82, 2.24) is 0 Å². The van der Waals surface area contributed by atoms with Crippen molar-refractivity contribution in [3.8, 4) is 0 Å². The number of carbonyl (C=O) groups is 2. The van der Waals surface area contributed by atoms with Crippen LogP contribution in [0.5, 0.6) is 0 Å². The first-order valence-corrected chi connectivity index (χ1v) is 3.29. The van der Waals surface area contributed by atoms with Crippen LogP contribution in [0.4, 0.5) is 0 Å². The fourth-order valence-corrected chi connectivity index (χ4v) is 0. The summed E-state index contributed by atoms with van der Waals surface area (Å²) in [4.78, 5) is 21.1. The molecular weight excluding hydrogens is 241 g/mol. The number of halogens is 1. The third kappa shape index (κ3) is 35.0. The smallest absolute Gasteiger partial charge is 0.330 e. The molecule has 0 unspecified atom stereocenters.